The number of ether oxygens (including phenoxy) is 2. The van der Waals surface area contributed by atoms with Crippen molar-refractivity contribution in [3.63, 3.8) is 0 Å². The molecule has 2 aromatic carbocycles. The van der Waals surface area contributed by atoms with Crippen LogP contribution in [0.4, 0.5) is 5.69 Å². The summed E-state index contributed by atoms with van der Waals surface area (Å²) in [5, 5.41) is 3.37. The van der Waals surface area contributed by atoms with Crippen molar-refractivity contribution in [1.29, 1.82) is 0 Å². The molecule has 0 unspecified atom stereocenters. The summed E-state index contributed by atoms with van der Waals surface area (Å²) in [5.74, 6) is 0.997. The van der Waals surface area contributed by atoms with Crippen molar-refractivity contribution >= 4 is 29.3 Å². The summed E-state index contributed by atoms with van der Waals surface area (Å²) >= 11 is 6.05. The Labute approximate surface area is 140 Å². The fraction of sp³-hybridized carbons (Fsp3) is 0.167. The second kappa shape index (κ2) is 7.70. The van der Waals surface area contributed by atoms with Crippen LogP contribution < -0.4 is 14.8 Å². The van der Waals surface area contributed by atoms with Crippen LogP contribution in [-0.4, -0.2) is 20.1 Å². The monoisotopic (exact) mass is 331 g/mol. The molecule has 120 valence electrons. The molecule has 1 amide bonds. The predicted octanol–water partition coefficient (Wildman–Crippen LogP) is 4.32. The van der Waals surface area contributed by atoms with E-state index in [2.05, 4.69) is 5.32 Å². The highest BCUT2D eigenvalue weighted by Crippen LogP contribution is 2.29. The number of methoxy groups -OCH3 is 2. The molecule has 0 fully saturated rings. The molecule has 1 N–H and O–H groups in total. The van der Waals surface area contributed by atoms with E-state index in [1.54, 1.807) is 44.6 Å². The van der Waals surface area contributed by atoms with Gasteiger partial charge < -0.3 is 14.8 Å². The minimum Gasteiger partial charge on any atom is -0.496 e. The molecule has 0 radical (unpaired) electrons. The summed E-state index contributed by atoms with van der Waals surface area (Å²) in [6, 6.07) is 10.8. The molecule has 0 aliphatic carbocycles. The summed E-state index contributed by atoms with van der Waals surface area (Å²) in [5.41, 5.74) is 2.30. The van der Waals surface area contributed by atoms with E-state index in [0.29, 0.717) is 27.8 Å². The molecule has 0 aliphatic rings. The number of halogens is 1. The Kier molecular flexibility index (Phi) is 5.66. The molecule has 0 spiro atoms. The van der Waals surface area contributed by atoms with Gasteiger partial charge in [-0.15, -0.1) is 0 Å². The van der Waals surface area contributed by atoms with Gasteiger partial charge in [-0.05, 0) is 42.8 Å². The van der Waals surface area contributed by atoms with Crippen molar-refractivity contribution in [2.45, 2.75) is 6.92 Å². The number of aryl methyl sites for hydroxylation is 1. The highest BCUT2D eigenvalue weighted by atomic mass is 35.5. The van der Waals surface area contributed by atoms with Crippen LogP contribution in [0.2, 0.25) is 5.02 Å². The molecule has 0 atom stereocenters. The average molecular weight is 332 g/mol. The number of carbonyl (C=O) groups excluding carboxylic acids is 1. The van der Waals surface area contributed by atoms with Crippen molar-refractivity contribution in [3.05, 3.63) is 58.6 Å². The third-order valence-corrected chi connectivity index (χ3v) is 3.71. The first kappa shape index (κ1) is 16.9. The second-order valence-electron chi connectivity index (χ2n) is 4.86. The van der Waals surface area contributed by atoms with Gasteiger partial charge in [0, 0.05) is 16.8 Å². The Bertz CT molecular complexity index is 719. The lowest BCUT2D eigenvalue weighted by molar-refractivity contribution is -0.111. The molecule has 0 aliphatic heterocycles. The number of hydrogen-bond donors (Lipinski definition) is 1. The zero-order chi connectivity index (χ0) is 16.8. The van der Waals surface area contributed by atoms with Crippen molar-refractivity contribution < 1.29 is 14.3 Å². The Morgan fingerprint density at radius 2 is 1.78 bits per heavy atom. The third-order valence-electron chi connectivity index (χ3n) is 3.31. The fourth-order valence-corrected chi connectivity index (χ4v) is 2.24. The zero-order valence-corrected chi connectivity index (χ0v) is 14.0. The Hall–Kier alpha value is -2.46. The van der Waals surface area contributed by atoms with Gasteiger partial charge in [0.1, 0.15) is 11.5 Å². The molecule has 4 nitrogen and oxygen atoms in total. The summed E-state index contributed by atoms with van der Waals surface area (Å²) in [4.78, 5) is 12.1. The van der Waals surface area contributed by atoms with E-state index in [1.807, 2.05) is 19.1 Å². The van der Waals surface area contributed by atoms with Gasteiger partial charge in [0.25, 0.3) is 0 Å². The van der Waals surface area contributed by atoms with Crippen LogP contribution in [0.3, 0.4) is 0 Å². The number of amides is 1. The van der Waals surface area contributed by atoms with Crippen molar-refractivity contribution in [3.8, 4) is 11.5 Å². The Morgan fingerprint density at radius 1 is 1.13 bits per heavy atom. The molecule has 2 rings (SSSR count). The van der Waals surface area contributed by atoms with E-state index in [9.17, 15) is 4.79 Å². The maximum atomic E-state index is 12.1. The van der Waals surface area contributed by atoms with E-state index in [4.69, 9.17) is 21.1 Å². The standard InChI is InChI=1S/C18H18ClNO3/c1-12-7-8-13(11-15(12)19)20-18(21)10-9-14-16(22-2)5-4-6-17(14)23-3/h4-11H,1-3H3,(H,20,21)/b10-9+. The van der Waals surface area contributed by atoms with E-state index < -0.39 is 0 Å². The van der Waals surface area contributed by atoms with Crippen LogP contribution in [0.15, 0.2) is 42.5 Å². The summed E-state index contributed by atoms with van der Waals surface area (Å²) in [6.07, 6.45) is 3.08. The molecule has 0 bridgehead atoms. The van der Waals surface area contributed by atoms with Crippen LogP contribution in [0.1, 0.15) is 11.1 Å². The molecule has 23 heavy (non-hydrogen) atoms. The van der Waals surface area contributed by atoms with Gasteiger partial charge in [-0.1, -0.05) is 23.7 Å². The Balaban J connectivity index is 2.16. The molecule has 0 heterocycles. The quantitative estimate of drug-likeness (QED) is 0.830. The van der Waals surface area contributed by atoms with Gasteiger partial charge in [0.05, 0.1) is 19.8 Å². The second-order valence-corrected chi connectivity index (χ2v) is 5.27. The van der Waals surface area contributed by atoms with Gasteiger partial charge in [0.2, 0.25) is 5.91 Å². The van der Waals surface area contributed by atoms with Crippen LogP contribution in [-0.2, 0) is 4.79 Å². The van der Waals surface area contributed by atoms with Gasteiger partial charge in [-0.2, -0.15) is 0 Å². The van der Waals surface area contributed by atoms with Crippen LogP contribution in [0.5, 0.6) is 11.5 Å². The number of rotatable bonds is 5. The number of hydrogen-bond acceptors (Lipinski definition) is 3. The maximum absolute atomic E-state index is 12.1. The van der Waals surface area contributed by atoms with E-state index in [1.165, 1.54) is 6.08 Å². The summed E-state index contributed by atoms with van der Waals surface area (Å²) < 4.78 is 10.6. The van der Waals surface area contributed by atoms with Crippen LogP contribution >= 0.6 is 11.6 Å². The number of nitrogens with one attached hydrogen (secondary N) is 1. The normalized spacial score (nSPS) is 10.6. The topological polar surface area (TPSA) is 47.6 Å². The first-order chi connectivity index (χ1) is 11.0. The van der Waals surface area contributed by atoms with Gasteiger partial charge in [0.15, 0.2) is 0 Å². The van der Waals surface area contributed by atoms with E-state index >= 15 is 0 Å². The zero-order valence-electron chi connectivity index (χ0n) is 13.2. The van der Waals surface area contributed by atoms with Crippen molar-refractivity contribution in [2.75, 3.05) is 19.5 Å². The van der Waals surface area contributed by atoms with Crippen molar-refractivity contribution in [1.82, 2.24) is 0 Å². The molecular formula is C18H18ClNO3. The maximum Gasteiger partial charge on any atom is 0.248 e. The van der Waals surface area contributed by atoms with E-state index in [0.717, 1.165) is 5.56 Å². The molecule has 2 aromatic rings. The minimum absolute atomic E-state index is 0.266. The van der Waals surface area contributed by atoms with Gasteiger partial charge in [-0.25, -0.2) is 0 Å². The molecule has 0 saturated heterocycles. The van der Waals surface area contributed by atoms with E-state index in [-0.39, 0.29) is 5.91 Å². The lowest BCUT2D eigenvalue weighted by Gasteiger charge is -2.09. The highest BCUT2D eigenvalue weighted by Gasteiger charge is 2.07. The smallest absolute Gasteiger partial charge is 0.248 e. The van der Waals surface area contributed by atoms with Gasteiger partial charge >= 0.3 is 0 Å². The van der Waals surface area contributed by atoms with Crippen LogP contribution in [0, 0.1) is 6.92 Å². The first-order valence-corrected chi connectivity index (χ1v) is 7.39. The Morgan fingerprint density at radius 3 is 2.35 bits per heavy atom. The largest absolute Gasteiger partial charge is 0.496 e. The molecule has 0 saturated carbocycles. The van der Waals surface area contributed by atoms with Crippen molar-refractivity contribution in [2.24, 2.45) is 0 Å². The number of benzene rings is 2. The average Bonchev–Trinajstić information content (AvgIpc) is 2.55. The number of anilines is 1. The van der Waals surface area contributed by atoms with Crippen LogP contribution in [0.25, 0.3) is 6.08 Å². The molecular weight excluding hydrogens is 314 g/mol. The third kappa shape index (κ3) is 4.27. The lowest BCUT2D eigenvalue weighted by atomic mass is 10.1. The lowest BCUT2D eigenvalue weighted by Crippen LogP contribution is -2.07. The highest BCUT2D eigenvalue weighted by molar-refractivity contribution is 6.31. The molecule has 0 aromatic heterocycles. The minimum atomic E-state index is -0.266. The predicted molar refractivity (Wildman–Crippen MR) is 93.4 cm³/mol. The fourth-order valence-electron chi connectivity index (χ4n) is 2.06. The summed E-state index contributed by atoms with van der Waals surface area (Å²) in [6.45, 7) is 1.90. The number of carbonyl (C=O) groups is 1. The first-order valence-electron chi connectivity index (χ1n) is 7.01. The molecule has 5 heteroatoms. The summed E-state index contributed by atoms with van der Waals surface area (Å²) in [7, 11) is 3.14. The SMILES string of the molecule is COc1cccc(OC)c1/C=C/C(=O)Nc1ccc(C)c(Cl)c1. The van der Waals surface area contributed by atoms with Gasteiger partial charge in [-0.3, -0.25) is 4.79 Å².